The maximum absolute atomic E-state index is 12.3. The molecule has 0 spiro atoms. The summed E-state index contributed by atoms with van der Waals surface area (Å²) in [7, 11) is -3.72. The highest BCUT2D eigenvalue weighted by Crippen LogP contribution is 2.25. The van der Waals surface area contributed by atoms with Gasteiger partial charge in [-0.3, -0.25) is 0 Å². The number of benzene rings is 1. The summed E-state index contributed by atoms with van der Waals surface area (Å²) in [5, 5.41) is 3.99. The Kier molecular flexibility index (Phi) is 4.03. The van der Waals surface area contributed by atoms with Crippen LogP contribution in [0.3, 0.4) is 0 Å². The molecule has 0 bridgehead atoms. The third-order valence-electron chi connectivity index (χ3n) is 2.77. The number of rotatable bonds is 4. The minimum absolute atomic E-state index is 0.0333. The van der Waals surface area contributed by atoms with Crippen LogP contribution >= 0.6 is 11.6 Å². The number of nitrogens with two attached hydrogens (primary N) is 1. The first-order valence-corrected chi connectivity index (χ1v) is 7.63. The summed E-state index contributed by atoms with van der Waals surface area (Å²) < 4.78 is 31.8. The van der Waals surface area contributed by atoms with Crippen molar-refractivity contribution in [2.24, 2.45) is 0 Å². The molecule has 0 aliphatic heterocycles. The van der Waals surface area contributed by atoms with E-state index in [1.54, 1.807) is 19.9 Å². The van der Waals surface area contributed by atoms with E-state index in [1.807, 2.05) is 0 Å². The maximum Gasteiger partial charge on any atom is 0.241 e. The summed E-state index contributed by atoms with van der Waals surface area (Å²) in [4.78, 5) is 0.0581. The number of nitrogens with zero attached hydrogens (tertiary/aromatic N) is 1. The Morgan fingerprint density at radius 1 is 1.35 bits per heavy atom. The first-order chi connectivity index (χ1) is 9.29. The monoisotopic (exact) mass is 315 g/mol. The first kappa shape index (κ1) is 14.8. The van der Waals surface area contributed by atoms with Gasteiger partial charge in [0.2, 0.25) is 10.0 Å². The molecule has 8 heteroatoms. The fourth-order valence-electron chi connectivity index (χ4n) is 1.70. The van der Waals surface area contributed by atoms with E-state index in [0.29, 0.717) is 22.7 Å². The molecule has 3 N–H and O–H groups in total. The number of nitrogens with one attached hydrogen (secondary N) is 1. The van der Waals surface area contributed by atoms with Gasteiger partial charge in [-0.25, -0.2) is 13.1 Å². The van der Waals surface area contributed by atoms with E-state index >= 15 is 0 Å². The number of aromatic nitrogens is 1. The van der Waals surface area contributed by atoms with E-state index in [-0.39, 0.29) is 16.5 Å². The number of hydrogen-bond acceptors (Lipinski definition) is 5. The number of anilines is 1. The second-order valence-electron chi connectivity index (χ2n) is 4.37. The zero-order chi connectivity index (χ0) is 14.9. The smallest absolute Gasteiger partial charge is 0.241 e. The van der Waals surface area contributed by atoms with Gasteiger partial charge in [0.1, 0.15) is 5.76 Å². The quantitative estimate of drug-likeness (QED) is 0.841. The van der Waals surface area contributed by atoms with Gasteiger partial charge in [0.05, 0.1) is 17.1 Å². The molecule has 108 valence electrons. The van der Waals surface area contributed by atoms with Gasteiger partial charge >= 0.3 is 0 Å². The van der Waals surface area contributed by atoms with Gasteiger partial charge in [0, 0.05) is 16.8 Å². The van der Waals surface area contributed by atoms with Crippen LogP contribution < -0.4 is 10.5 Å². The van der Waals surface area contributed by atoms with E-state index in [1.165, 1.54) is 12.1 Å². The highest BCUT2D eigenvalue weighted by atomic mass is 35.5. The van der Waals surface area contributed by atoms with Crippen LogP contribution in [0, 0.1) is 13.8 Å². The van der Waals surface area contributed by atoms with E-state index in [9.17, 15) is 8.42 Å². The van der Waals surface area contributed by atoms with E-state index in [2.05, 4.69) is 9.88 Å². The molecule has 1 heterocycles. The largest absolute Gasteiger partial charge is 0.398 e. The van der Waals surface area contributed by atoms with Crippen LogP contribution in [0.15, 0.2) is 27.6 Å². The van der Waals surface area contributed by atoms with Crippen LogP contribution in [-0.2, 0) is 16.6 Å². The summed E-state index contributed by atoms with van der Waals surface area (Å²) in [6.07, 6.45) is 0. The van der Waals surface area contributed by atoms with Crippen molar-refractivity contribution in [2.45, 2.75) is 25.3 Å². The van der Waals surface area contributed by atoms with Crippen LogP contribution in [0.4, 0.5) is 5.69 Å². The lowest BCUT2D eigenvalue weighted by atomic mass is 10.2. The Hall–Kier alpha value is -1.57. The highest BCUT2D eigenvalue weighted by Gasteiger charge is 2.19. The maximum atomic E-state index is 12.3. The Labute approximate surface area is 122 Å². The van der Waals surface area contributed by atoms with Crippen molar-refractivity contribution in [3.8, 4) is 0 Å². The number of halogens is 1. The number of nitrogen functional groups attached to an aromatic ring is 1. The lowest BCUT2D eigenvalue weighted by Gasteiger charge is -2.10. The average molecular weight is 316 g/mol. The molecule has 0 unspecified atom stereocenters. The molecular formula is C12H14ClN3O3S. The third-order valence-corrected chi connectivity index (χ3v) is 4.52. The molecule has 0 saturated carbocycles. The Morgan fingerprint density at radius 3 is 2.65 bits per heavy atom. The lowest BCUT2D eigenvalue weighted by Crippen LogP contribution is -2.24. The van der Waals surface area contributed by atoms with E-state index < -0.39 is 10.0 Å². The number of aryl methyl sites for hydroxylation is 1. The second-order valence-corrected chi connectivity index (χ2v) is 6.54. The van der Waals surface area contributed by atoms with Crippen molar-refractivity contribution >= 4 is 27.3 Å². The van der Waals surface area contributed by atoms with E-state index in [4.69, 9.17) is 21.9 Å². The normalized spacial score (nSPS) is 11.8. The molecule has 1 aromatic heterocycles. The first-order valence-electron chi connectivity index (χ1n) is 5.77. The van der Waals surface area contributed by atoms with Crippen molar-refractivity contribution in [1.29, 1.82) is 0 Å². The van der Waals surface area contributed by atoms with Gasteiger partial charge < -0.3 is 10.3 Å². The minimum Gasteiger partial charge on any atom is -0.398 e. The Balaban J connectivity index is 2.27. The minimum atomic E-state index is -3.72. The zero-order valence-corrected chi connectivity index (χ0v) is 12.5. The molecule has 1 aromatic carbocycles. The summed E-state index contributed by atoms with van der Waals surface area (Å²) >= 11 is 5.85. The Bertz CT molecular complexity index is 740. The summed E-state index contributed by atoms with van der Waals surface area (Å²) in [6.45, 7) is 3.39. The summed E-state index contributed by atoms with van der Waals surface area (Å²) in [6, 6.07) is 4.53. The van der Waals surface area contributed by atoms with Gasteiger partial charge in [0.25, 0.3) is 0 Å². The second kappa shape index (κ2) is 5.43. The van der Waals surface area contributed by atoms with Crippen LogP contribution in [0.1, 0.15) is 17.0 Å². The van der Waals surface area contributed by atoms with Gasteiger partial charge in [-0.2, -0.15) is 0 Å². The molecule has 0 radical (unpaired) electrons. The summed E-state index contributed by atoms with van der Waals surface area (Å²) in [5.74, 6) is 0.613. The molecule has 0 aliphatic rings. The summed E-state index contributed by atoms with van der Waals surface area (Å²) in [5.41, 5.74) is 7.01. The Morgan fingerprint density at radius 2 is 2.05 bits per heavy atom. The fraction of sp³-hybridized carbons (Fsp3) is 0.250. The standard InChI is InChI=1S/C12H14ClN3O3S/c1-7-3-10(16-19-7)6-15-20(17,18)12-5-9(13)4-11(14)8(12)2/h3-5,15H,6,14H2,1-2H3. The predicted octanol–water partition coefficient (Wildman–Crippen LogP) is 2.01. The van der Waals surface area contributed by atoms with Gasteiger partial charge in [-0.1, -0.05) is 16.8 Å². The molecule has 2 aromatic rings. The number of hydrogen-bond donors (Lipinski definition) is 2. The molecule has 0 saturated heterocycles. The van der Waals surface area contributed by atoms with Crippen LogP contribution in [0.25, 0.3) is 0 Å². The van der Waals surface area contributed by atoms with Crippen molar-refractivity contribution in [3.63, 3.8) is 0 Å². The van der Waals surface area contributed by atoms with Crippen LogP contribution in [0.2, 0.25) is 5.02 Å². The zero-order valence-electron chi connectivity index (χ0n) is 11.0. The molecule has 6 nitrogen and oxygen atoms in total. The van der Waals surface area contributed by atoms with Gasteiger partial charge in [-0.15, -0.1) is 0 Å². The highest BCUT2D eigenvalue weighted by molar-refractivity contribution is 7.89. The molecule has 0 aliphatic carbocycles. The van der Waals surface area contributed by atoms with Crippen LogP contribution in [0.5, 0.6) is 0 Å². The van der Waals surface area contributed by atoms with Gasteiger partial charge in [0.15, 0.2) is 0 Å². The van der Waals surface area contributed by atoms with Crippen molar-refractivity contribution in [2.75, 3.05) is 5.73 Å². The van der Waals surface area contributed by atoms with Gasteiger partial charge in [-0.05, 0) is 31.5 Å². The fourth-order valence-corrected chi connectivity index (χ4v) is 3.29. The van der Waals surface area contributed by atoms with Crippen molar-refractivity contribution in [3.05, 3.63) is 40.2 Å². The third kappa shape index (κ3) is 3.12. The topological polar surface area (TPSA) is 98.2 Å². The molecule has 20 heavy (non-hydrogen) atoms. The lowest BCUT2D eigenvalue weighted by molar-refractivity contribution is 0.390. The molecule has 0 fully saturated rings. The SMILES string of the molecule is Cc1cc(CNS(=O)(=O)c2cc(Cl)cc(N)c2C)no1. The molecule has 0 amide bonds. The molecule has 0 atom stereocenters. The predicted molar refractivity (Wildman–Crippen MR) is 75.9 cm³/mol. The molecular weight excluding hydrogens is 302 g/mol. The van der Waals surface area contributed by atoms with E-state index in [0.717, 1.165) is 0 Å². The van der Waals surface area contributed by atoms with Crippen molar-refractivity contribution in [1.82, 2.24) is 9.88 Å². The van der Waals surface area contributed by atoms with Crippen LogP contribution in [-0.4, -0.2) is 13.6 Å². The average Bonchev–Trinajstić information content (AvgIpc) is 2.77. The number of sulfonamides is 1. The van der Waals surface area contributed by atoms with Crippen molar-refractivity contribution < 1.29 is 12.9 Å². The molecule has 2 rings (SSSR count).